The van der Waals surface area contributed by atoms with Crippen molar-refractivity contribution >= 4 is 11.8 Å². The number of nitrogens with zero attached hydrogens (tertiary/aromatic N) is 1. The predicted octanol–water partition coefficient (Wildman–Crippen LogP) is 1.45. The van der Waals surface area contributed by atoms with E-state index in [1.165, 1.54) is 5.56 Å². The lowest BCUT2D eigenvalue weighted by molar-refractivity contribution is 0.322. The van der Waals surface area contributed by atoms with Crippen molar-refractivity contribution in [1.29, 1.82) is 0 Å². The summed E-state index contributed by atoms with van der Waals surface area (Å²) < 4.78 is 0. The van der Waals surface area contributed by atoms with Gasteiger partial charge >= 0.3 is 0 Å². The van der Waals surface area contributed by atoms with Crippen LogP contribution in [0, 0.1) is 0 Å². The molecule has 0 saturated heterocycles. The predicted molar refractivity (Wildman–Crippen MR) is 59.5 cm³/mol. The number of hydrogen-bond donors (Lipinski definition) is 2. The fourth-order valence-corrected chi connectivity index (χ4v) is 1.64. The largest absolute Gasteiger partial charge is 0.396 e. The Morgan fingerprint density at radius 1 is 1.57 bits per heavy atom. The number of pyridine rings is 1. The summed E-state index contributed by atoms with van der Waals surface area (Å²) >= 11 is 1.57. The monoisotopic (exact) mass is 212 g/mol. The number of aliphatic hydroxyl groups is 1. The molecule has 1 atom stereocenters. The first-order chi connectivity index (χ1) is 6.77. The SMILES string of the molecule is CNC(C)c1ccc(SCCO)nc1. The van der Waals surface area contributed by atoms with Crippen LogP contribution in [0.15, 0.2) is 23.4 Å². The fourth-order valence-electron chi connectivity index (χ4n) is 1.05. The van der Waals surface area contributed by atoms with Gasteiger partial charge in [0.2, 0.25) is 0 Å². The summed E-state index contributed by atoms with van der Waals surface area (Å²) in [6.45, 7) is 2.29. The zero-order valence-corrected chi connectivity index (χ0v) is 9.34. The minimum atomic E-state index is 0.195. The van der Waals surface area contributed by atoms with Crippen LogP contribution in [-0.4, -0.2) is 29.5 Å². The van der Waals surface area contributed by atoms with E-state index in [9.17, 15) is 0 Å². The van der Waals surface area contributed by atoms with E-state index in [4.69, 9.17) is 5.11 Å². The Balaban J connectivity index is 2.59. The molecule has 0 fully saturated rings. The Morgan fingerprint density at radius 2 is 2.36 bits per heavy atom. The van der Waals surface area contributed by atoms with Crippen molar-refractivity contribution in [3.05, 3.63) is 23.9 Å². The second-order valence-corrected chi connectivity index (χ2v) is 4.13. The average molecular weight is 212 g/mol. The molecule has 1 unspecified atom stereocenters. The summed E-state index contributed by atoms with van der Waals surface area (Å²) in [4.78, 5) is 4.30. The molecule has 0 aliphatic carbocycles. The van der Waals surface area contributed by atoms with Crippen LogP contribution in [0.4, 0.5) is 0 Å². The van der Waals surface area contributed by atoms with E-state index in [0.29, 0.717) is 11.8 Å². The summed E-state index contributed by atoms with van der Waals surface area (Å²) in [5.74, 6) is 0.702. The Morgan fingerprint density at radius 3 is 2.86 bits per heavy atom. The number of nitrogens with one attached hydrogen (secondary N) is 1. The molecule has 0 amide bonds. The molecule has 1 heterocycles. The second kappa shape index (κ2) is 6.01. The molecule has 0 spiro atoms. The van der Waals surface area contributed by atoms with Crippen molar-refractivity contribution < 1.29 is 5.11 Å². The fraction of sp³-hybridized carbons (Fsp3) is 0.500. The molecule has 2 N–H and O–H groups in total. The van der Waals surface area contributed by atoms with Gasteiger partial charge in [0.05, 0.1) is 11.6 Å². The van der Waals surface area contributed by atoms with E-state index in [1.54, 1.807) is 11.8 Å². The normalized spacial score (nSPS) is 12.8. The summed E-state index contributed by atoms with van der Waals surface area (Å²) in [7, 11) is 1.93. The van der Waals surface area contributed by atoms with Crippen molar-refractivity contribution in [2.24, 2.45) is 0 Å². The lowest BCUT2D eigenvalue weighted by atomic mass is 10.1. The maximum absolute atomic E-state index is 8.65. The van der Waals surface area contributed by atoms with Crippen molar-refractivity contribution in [1.82, 2.24) is 10.3 Å². The van der Waals surface area contributed by atoms with Gasteiger partial charge in [-0.3, -0.25) is 0 Å². The molecule has 78 valence electrons. The quantitative estimate of drug-likeness (QED) is 0.725. The highest BCUT2D eigenvalue weighted by Crippen LogP contribution is 2.17. The molecule has 3 nitrogen and oxygen atoms in total. The van der Waals surface area contributed by atoms with E-state index in [1.807, 2.05) is 19.3 Å². The third kappa shape index (κ3) is 3.29. The van der Waals surface area contributed by atoms with Gasteiger partial charge in [0.15, 0.2) is 0 Å². The highest BCUT2D eigenvalue weighted by atomic mass is 32.2. The van der Waals surface area contributed by atoms with E-state index in [0.717, 1.165) is 5.03 Å². The molecule has 0 bridgehead atoms. The Hall–Kier alpha value is -0.580. The van der Waals surface area contributed by atoms with Crippen molar-refractivity contribution in [3.8, 4) is 0 Å². The molecule has 1 rings (SSSR count). The molecule has 1 aromatic heterocycles. The van der Waals surface area contributed by atoms with Gasteiger partial charge in [-0.1, -0.05) is 6.07 Å². The number of thioether (sulfide) groups is 1. The summed E-state index contributed by atoms with van der Waals surface area (Å²) in [5, 5.41) is 12.8. The molecule has 14 heavy (non-hydrogen) atoms. The van der Waals surface area contributed by atoms with E-state index >= 15 is 0 Å². The molecule has 0 aliphatic heterocycles. The third-order valence-electron chi connectivity index (χ3n) is 2.03. The standard InChI is InChI=1S/C10H16N2OS/c1-8(11-2)9-3-4-10(12-7-9)14-6-5-13/h3-4,7-8,11,13H,5-6H2,1-2H3. The third-order valence-corrected chi connectivity index (χ3v) is 2.96. The van der Waals surface area contributed by atoms with Crippen LogP contribution in [0.1, 0.15) is 18.5 Å². The molecular formula is C10H16N2OS. The molecule has 0 aliphatic rings. The zero-order valence-electron chi connectivity index (χ0n) is 8.53. The molecule has 0 aromatic carbocycles. The summed E-state index contributed by atoms with van der Waals surface area (Å²) in [6, 6.07) is 4.39. The highest BCUT2D eigenvalue weighted by Gasteiger charge is 2.02. The molecule has 1 aromatic rings. The van der Waals surface area contributed by atoms with Gasteiger partial charge in [-0.05, 0) is 25.6 Å². The number of aromatic nitrogens is 1. The topological polar surface area (TPSA) is 45.1 Å². The first-order valence-corrected chi connectivity index (χ1v) is 5.63. The van der Waals surface area contributed by atoms with Gasteiger partial charge in [0.25, 0.3) is 0 Å². The van der Waals surface area contributed by atoms with Crippen LogP contribution in [0.25, 0.3) is 0 Å². The zero-order chi connectivity index (χ0) is 10.4. The molecule has 0 radical (unpaired) electrons. The van der Waals surface area contributed by atoms with Gasteiger partial charge in [-0.2, -0.15) is 0 Å². The molecule has 0 saturated carbocycles. The highest BCUT2D eigenvalue weighted by molar-refractivity contribution is 7.99. The van der Waals surface area contributed by atoms with Crippen molar-refractivity contribution in [2.75, 3.05) is 19.4 Å². The van der Waals surface area contributed by atoms with Gasteiger partial charge in [0, 0.05) is 18.0 Å². The Labute approximate surface area is 88.9 Å². The summed E-state index contributed by atoms with van der Waals surface area (Å²) in [5.41, 5.74) is 1.18. The van der Waals surface area contributed by atoms with Crippen LogP contribution in [0.5, 0.6) is 0 Å². The minimum absolute atomic E-state index is 0.195. The Kier molecular flexibility index (Phi) is 4.93. The number of rotatable bonds is 5. The van der Waals surface area contributed by atoms with Gasteiger partial charge in [-0.15, -0.1) is 11.8 Å². The molecular weight excluding hydrogens is 196 g/mol. The van der Waals surface area contributed by atoms with Crippen LogP contribution in [0.3, 0.4) is 0 Å². The first-order valence-electron chi connectivity index (χ1n) is 4.64. The second-order valence-electron chi connectivity index (χ2n) is 3.01. The summed E-state index contributed by atoms with van der Waals surface area (Å²) in [6.07, 6.45) is 1.88. The Bertz CT molecular complexity index is 263. The number of aliphatic hydroxyl groups excluding tert-OH is 1. The smallest absolute Gasteiger partial charge is 0.0960 e. The van der Waals surface area contributed by atoms with Crippen LogP contribution in [0.2, 0.25) is 0 Å². The lowest BCUT2D eigenvalue weighted by Crippen LogP contribution is -2.12. The van der Waals surface area contributed by atoms with Gasteiger partial charge < -0.3 is 10.4 Å². The first kappa shape index (κ1) is 11.5. The van der Waals surface area contributed by atoms with Crippen LogP contribution >= 0.6 is 11.8 Å². The maximum atomic E-state index is 8.65. The van der Waals surface area contributed by atoms with E-state index in [2.05, 4.69) is 23.3 Å². The van der Waals surface area contributed by atoms with Crippen LogP contribution in [-0.2, 0) is 0 Å². The average Bonchev–Trinajstić information content (AvgIpc) is 2.26. The van der Waals surface area contributed by atoms with E-state index in [-0.39, 0.29) is 6.61 Å². The molecule has 4 heteroatoms. The minimum Gasteiger partial charge on any atom is -0.396 e. The van der Waals surface area contributed by atoms with E-state index < -0.39 is 0 Å². The maximum Gasteiger partial charge on any atom is 0.0960 e. The van der Waals surface area contributed by atoms with Gasteiger partial charge in [-0.25, -0.2) is 4.98 Å². The lowest BCUT2D eigenvalue weighted by Gasteiger charge is -2.09. The van der Waals surface area contributed by atoms with Crippen molar-refractivity contribution in [2.45, 2.75) is 18.0 Å². The van der Waals surface area contributed by atoms with Crippen LogP contribution < -0.4 is 5.32 Å². The number of hydrogen-bond acceptors (Lipinski definition) is 4. The van der Waals surface area contributed by atoms with Gasteiger partial charge in [0.1, 0.15) is 0 Å². The van der Waals surface area contributed by atoms with Crippen molar-refractivity contribution in [3.63, 3.8) is 0 Å².